The SMILES string of the molecule is CCN(CC)c1ccc(C(=CC2(C=C(c3ccc(N(CC)CC)cc3)c3ccc(N(CC)CC)cc3)OC(=O)c3c(Cl)c(Cl)c(Cl)c(Cl)c32)c2ccc(N(CC)CC)cc2)cc1. The number of anilines is 4. The van der Waals surface area contributed by atoms with Gasteiger partial charge in [-0.05, 0) is 149 Å². The molecule has 0 radical (unpaired) electrons. The lowest BCUT2D eigenvalue weighted by Gasteiger charge is -2.28. The Labute approximate surface area is 389 Å². The molecule has 1 aliphatic rings. The van der Waals surface area contributed by atoms with Gasteiger partial charge >= 0.3 is 5.97 Å². The van der Waals surface area contributed by atoms with Crippen LogP contribution in [-0.4, -0.2) is 58.3 Å². The van der Waals surface area contributed by atoms with Crippen LogP contribution in [0.1, 0.15) is 93.6 Å². The Bertz CT molecular complexity index is 2140. The lowest BCUT2D eigenvalue weighted by molar-refractivity contribution is 0.0300. The van der Waals surface area contributed by atoms with E-state index in [0.29, 0.717) is 5.56 Å². The van der Waals surface area contributed by atoms with Crippen LogP contribution >= 0.6 is 46.4 Å². The van der Waals surface area contributed by atoms with Crippen LogP contribution in [0.25, 0.3) is 11.1 Å². The van der Waals surface area contributed by atoms with Gasteiger partial charge in [-0.1, -0.05) is 94.9 Å². The molecule has 10 heteroatoms. The van der Waals surface area contributed by atoms with Gasteiger partial charge in [-0.15, -0.1) is 0 Å². The molecule has 326 valence electrons. The minimum Gasteiger partial charge on any atom is -0.442 e. The second-order valence-electron chi connectivity index (χ2n) is 15.2. The van der Waals surface area contributed by atoms with Gasteiger partial charge in [0.1, 0.15) is 0 Å². The Morgan fingerprint density at radius 3 is 0.952 bits per heavy atom. The third kappa shape index (κ3) is 9.36. The van der Waals surface area contributed by atoms with Crippen LogP contribution in [0.4, 0.5) is 22.7 Å². The van der Waals surface area contributed by atoms with Gasteiger partial charge in [0.25, 0.3) is 0 Å². The third-order valence-corrected chi connectivity index (χ3v) is 13.9. The Hall–Kier alpha value is -4.59. The van der Waals surface area contributed by atoms with Gasteiger partial charge in [0.05, 0.1) is 25.7 Å². The fraction of sp³-hybridized carbons (Fsp3) is 0.327. The summed E-state index contributed by atoms with van der Waals surface area (Å²) in [6.07, 6.45) is 3.99. The number of halogens is 4. The fourth-order valence-corrected chi connectivity index (χ4v) is 9.63. The summed E-state index contributed by atoms with van der Waals surface area (Å²) < 4.78 is 6.71. The van der Waals surface area contributed by atoms with E-state index in [1.54, 1.807) is 0 Å². The minimum atomic E-state index is -1.61. The lowest BCUT2D eigenvalue weighted by atomic mass is 9.83. The van der Waals surface area contributed by atoms with Crippen LogP contribution < -0.4 is 19.6 Å². The summed E-state index contributed by atoms with van der Waals surface area (Å²) in [7, 11) is 0. The van der Waals surface area contributed by atoms with E-state index in [4.69, 9.17) is 51.1 Å². The quantitative estimate of drug-likeness (QED) is 0.0495. The molecule has 6 rings (SSSR count). The number of benzene rings is 5. The molecule has 6 nitrogen and oxygen atoms in total. The van der Waals surface area contributed by atoms with Gasteiger partial charge in [0.15, 0.2) is 5.60 Å². The van der Waals surface area contributed by atoms with E-state index < -0.39 is 11.6 Å². The predicted octanol–water partition coefficient (Wildman–Crippen LogP) is 14.3. The molecular weight excluding hydrogens is 854 g/mol. The first kappa shape index (κ1) is 46.9. The molecule has 1 heterocycles. The van der Waals surface area contributed by atoms with Crippen molar-refractivity contribution in [2.75, 3.05) is 72.0 Å². The predicted molar refractivity (Wildman–Crippen MR) is 268 cm³/mol. The zero-order chi connectivity index (χ0) is 44.7. The number of carbonyl (C=O) groups excluding carboxylic acids is 1. The summed E-state index contributed by atoms with van der Waals surface area (Å²) >= 11 is 27.8. The molecule has 0 saturated carbocycles. The molecule has 0 bridgehead atoms. The molecule has 5 aromatic carbocycles. The highest BCUT2D eigenvalue weighted by atomic mass is 35.5. The number of esters is 1. The maximum Gasteiger partial charge on any atom is 0.341 e. The van der Waals surface area contributed by atoms with Crippen molar-refractivity contribution in [2.45, 2.75) is 61.0 Å². The van der Waals surface area contributed by atoms with E-state index in [1.807, 2.05) is 12.2 Å². The van der Waals surface area contributed by atoms with Crippen LogP contribution in [0.15, 0.2) is 109 Å². The average molecular weight is 913 g/mol. The molecule has 0 unspecified atom stereocenters. The molecule has 0 saturated heterocycles. The van der Waals surface area contributed by atoms with E-state index in [1.165, 1.54) is 0 Å². The van der Waals surface area contributed by atoms with E-state index in [-0.39, 0.29) is 25.7 Å². The van der Waals surface area contributed by atoms with Crippen molar-refractivity contribution in [1.29, 1.82) is 0 Å². The molecule has 0 aliphatic carbocycles. The summed E-state index contributed by atoms with van der Waals surface area (Å²) in [6, 6.07) is 34.1. The number of fused-ring (bicyclic) bond motifs is 1. The zero-order valence-electron chi connectivity index (χ0n) is 37.2. The highest BCUT2D eigenvalue weighted by molar-refractivity contribution is 6.53. The van der Waals surface area contributed by atoms with Crippen LogP contribution in [0.5, 0.6) is 0 Å². The van der Waals surface area contributed by atoms with Crippen molar-refractivity contribution in [1.82, 2.24) is 0 Å². The van der Waals surface area contributed by atoms with Crippen LogP contribution in [0, 0.1) is 0 Å². The van der Waals surface area contributed by atoms with Gasteiger partial charge < -0.3 is 24.3 Å². The summed E-state index contributed by atoms with van der Waals surface area (Å²) in [5.74, 6) is -0.654. The van der Waals surface area contributed by atoms with Crippen molar-refractivity contribution >= 4 is 86.3 Å². The molecule has 0 aromatic heterocycles. The van der Waals surface area contributed by atoms with Gasteiger partial charge in [0.2, 0.25) is 0 Å². The normalized spacial score (nSPS) is 12.7. The number of carbonyl (C=O) groups is 1. The Morgan fingerprint density at radius 2 is 0.694 bits per heavy atom. The average Bonchev–Trinajstić information content (AvgIpc) is 3.59. The van der Waals surface area contributed by atoms with Crippen LogP contribution in [0.2, 0.25) is 20.1 Å². The molecule has 0 spiro atoms. The summed E-state index contributed by atoms with van der Waals surface area (Å²) in [4.78, 5) is 23.7. The van der Waals surface area contributed by atoms with Crippen molar-refractivity contribution in [3.8, 4) is 0 Å². The van der Waals surface area contributed by atoms with Gasteiger partial charge in [-0.2, -0.15) is 0 Å². The highest BCUT2D eigenvalue weighted by Crippen LogP contribution is 2.53. The second kappa shape index (κ2) is 20.7. The van der Waals surface area contributed by atoms with Crippen molar-refractivity contribution < 1.29 is 9.53 Å². The van der Waals surface area contributed by atoms with Crippen molar-refractivity contribution in [2.24, 2.45) is 0 Å². The number of hydrogen-bond acceptors (Lipinski definition) is 6. The number of ether oxygens (including phenoxy) is 1. The number of nitrogens with zero attached hydrogens (tertiary/aromatic N) is 4. The third-order valence-electron chi connectivity index (χ3n) is 12.1. The van der Waals surface area contributed by atoms with Crippen molar-refractivity contribution in [3.63, 3.8) is 0 Å². The standard InChI is InChI=1S/C52H58Cl4N4O2/c1-9-57(10-2)39-25-17-35(18-26-39)43(36-19-27-40(28-20-36)58(11-3)12-4)33-52(46-45(51(61)62-52)47(53)49(55)50(56)48(46)54)34-44(37-21-29-41(30-22-37)59(13-5)14-6)38-23-31-42(32-24-38)60(15-7)16-8/h17-34H,9-16H2,1-8H3. The molecule has 0 amide bonds. The number of rotatable bonds is 18. The molecule has 5 aromatic rings. The first-order valence-electron chi connectivity index (χ1n) is 21.9. The van der Waals surface area contributed by atoms with Crippen molar-refractivity contribution in [3.05, 3.63) is 163 Å². The smallest absolute Gasteiger partial charge is 0.341 e. The summed E-state index contributed by atoms with van der Waals surface area (Å²) in [6.45, 7) is 24.2. The first-order valence-corrected chi connectivity index (χ1v) is 23.4. The Balaban J connectivity index is 1.72. The topological polar surface area (TPSA) is 39.3 Å². The molecule has 0 atom stereocenters. The molecule has 0 N–H and O–H groups in total. The maximum absolute atomic E-state index is 14.4. The Kier molecular flexibility index (Phi) is 15.7. The maximum atomic E-state index is 14.4. The zero-order valence-corrected chi connectivity index (χ0v) is 40.2. The second-order valence-corrected chi connectivity index (χ2v) is 16.7. The van der Waals surface area contributed by atoms with Crippen LogP contribution in [0.3, 0.4) is 0 Å². The summed E-state index contributed by atoms with van der Waals surface area (Å²) in [5.41, 5.74) is 8.58. The largest absolute Gasteiger partial charge is 0.442 e. The fourth-order valence-electron chi connectivity index (χ4n) is 8.55. The monoisotopic (exact) mass is 910 g/mol. The van der Waals surface area contributed by atoms with Gasteiger partial charge in [-0.3, -0.25) is 0 Å². The number of hydrogen-bond donors (Lipinski definition) is 0. The lowest BCUT2D eigenvalue weighted by Crippen LogP contribution is -2.24. The van der Waals surface area contributed by atoms with E-state index >= 15 is 0 Å². The highest BCUT2D eigenvalue weighted by Gasteiger charge is 2.48. The molecule has 0 fully saturated rings. The van der Waals surface area contributed by atoms with E-state index in [2.05, 4.69) is 172 Å². The molecule has 62 heavy (non-hydrogen) atoms. The van der Waals surface area contributed by atoms with Gasteiger partial charge in [-0.25, -0.2) is 4.79 Å². The van der Waals surface area contributed by atoms with E-state index in [9.17, 15) is 4.79 Å². The first-order chi connectivity index (χ1) is 29.9. The number of cyclic esters (lactones) is 1. The molecule has 1 aliphatic heterocycles. The van der Waals surface area contributed by atoms with Crippen LogP contribution in [-0.2, 0) is 10.3 Å². The minimum absolute atomic E-state index is 0.00351. The Morgan fingerprint density at radius 1 is 0.435 bits per heavy atom. The van der Waals surface area contributed by atoms with E-state index in [0.717, 1.165) is 109 Å². The molecular formula is C52H58Cl4N4O2. The summed E-state index contributed by atoms with van der Waals surface area (Å²) in [5, 5.41) is 0.128. The van der Waals surface area contributed by atoms with Gasteiger partial charge in [0, 0.05) is 80.7 Å².